The Morgan fingerprint density at radius 2 is 1.90 bits per heavy atom. The SMILES string of the molecule is CCCNC(C)c1cc(F)c(C)cc1Sc1ccccc1. The van der Waals surface area contributed by atoms with E-state index in [1.807, 2.05) is 31.2 Å². The molecule has 112 valence electrons. The maximum Gasteiger partial charge on any atom is 0.126 e. The number of hydrogen-bond acceptors (Lipinski definition) is 2. The van der Waals surface area contributed by atoms with Gasteiger partial charge in [-0.05, 0) is 62.2 Å². The molecule has 0 radical (unpaired) electrons. The summed E-state index contributed by atoms with van der Waals surface area (Å²) in [4.78, 5) is 2.30. The molecule has 0 amide bonds. The van der Waals surface area contributed by atoms with Crippen LogP contribution < -0.4 is 5.32 Å². The van der Waals surface area contributed by atoms with E-state index in [-0.39, 0.29) is 11.9 Å². The van der Waals surface area contributed by atoms with Crippen LogP contribution in [0, 0.1) is 12.7 Å². The van der Waals surface area contributed by atoms with Crippen molar-refractivity contribution in [3.8, 4) is 0 Å². The van der Waals surface area contributed by atoms with E-state index in [1.54, 1.807) is 17.8 Å². The molecule has 0 spiro atoms. The van der Waals surface area contributed by atoms with Crippen LogP contribution in [0.1, 0.15) is 37.4 Å². The Labute approximate surface area is 131 Å². The van der Waals surface area contributed by atoms with E-state index in [4.69, 9.17) is 0 Å². The molecule has 0 saturated carbocycles. The summed E-state index contributed by atoms with van der Waals surface area (Å²) < 4.78 is 13.9. The lowest BCUT2D eigenvalue weighted by Gasteiger charge is -2.18. The molecule has 0 heterocycles. The van der Waals surface area contributed by atoms with E-state index in [2.05, 4.69) is 31.3 Å². The second kappa shape index (κ2) is 7.62. The van der Waals surface area contributed by atoms with Crippen LogP contribution in [0.5, 0.6) is 0 Å². The Bertz CT molecular complexity index is 583. The zero-order chi connectivity index (χ0) is 15.2. The molecule has 1 atom stereocenters. The average Bonchev–Trinajstić information content (AvgIpc) is 2.49. The van der Waals surface area contributed by atoms with Gasteiger partial charge in [0, 0.05) is 15.8 Å². The van der Waals surface area contributed by atoms with Crippen LogP contribution in [0.15, 0.2) is 52.3 Å². The summed E-state index contributed by atoms with van der Waals surface area (Å²) in [6.45, 7) is 6.98. The summed E-state index contributed by atoms with van der Waals surface area (Å²) in [5.74, 6) is -0.132. The molecule has 0 aliphatic heterocycles. The average molecular weight is 303 g/mol. The lowest BCUT2D eigenvalue weighted by Crippen LogP contribution is -2.20. The fourth-order valence-corrected chi connectivity index (χ4v) is 3.32. The summed E-state index contributed by atoms with van der Waals surface area (Å²) in [5, 5.41) is 3.44. The van der Waals surface area contributed by atoms with Crippen molar-refractivity contribution in [2.45, 2.75) is 43.0 Å². The number of aryl methyl sites for hydroxylation is 1. The molecule has 0 aliphatic carbocycles. The Hall–Kier alpha value is -1.32. The summed E-state index contributed by atoms with van der Waals surface area (Å²) in [6, 6.07) is 14.0. The van der Waals surface area contributed by atoms with Crippen molar-refractivity contribution in [3.63, 3.8) is 0 Å². The third-order valence-electron chi connectivity index (χ3n) is 3.43. The minimum atomic E-state index is -0.132. The Kier molecular flexibility index (Phi) is 5.83. The predicted octanol–water partition coefficient (Wildman–Crippen LogP) is 5.35. The van der Waals surface area contributed by atoms with Crippen molar-refractivity contribution in [2.24, 2.45) is 0 Å². The number of nitrogens with one attached hydrogen (secondary N) is 1. The van der Waals surface area contributed by atoms with Crippen molar-refractivity contribution in [3.05, 3.63) is 59.4 Å². The van der Waals surface area contributed by atoms with Gasteiger partial charge in [0.1, 0.15) is 5.82 Å². The van der Waals surface area contributed by atoms with Gasteiger partial charge in [-0.2, -0.15) is 0 Å². The first-order valence-corrected chi connectivity index (χ1v) is 8.19. The van der Waals surface area contributed by atoms with Crippen LogP contribution in [-0.4, -0.2) is 6.54 Å². The molecule has 1 unspecified atom stereocenters. The molecule has 0 bridgehead atoms. The quantitative estimate of drug-likeness (QED) is 0.772. The second-order valence-corrected chi connectivity index (χ2v) is 6.35. The van der Waals surface area contributed by atoms with Crippen molar-refractivity contribution < 1.29 is 4.39 Å². The Balaban J connectivity index is 2.31. The maximum atomic E-state index is 13.9. The number of halogens is 1. The summed E-state index contributed by atoms with van der Waals surface area (Å²) in [7, 11) is 0. The van der Waals surface area contributed by atoms with Gasteiger partial charge in [-0.3, -0.25) is 0 Å². The highest BCUT2D eigenvalue weighted by atomic mass is 32.2. The maximum absolute atomic E-state index is 13.9. The van der Waals surface area contributed by atoms with E-state index >= 15 is 0 Å². The molecule has 0 saturated heterocycles. The van der Waals surface area contributed by atoms with Crippen LogP contribution >= 0.6 is 11.8 Å². The lowest BCUT2D eigenvalue weighted by molar-refractivity contribution is 0.552. The van der Waals surface area contributed by atoms with Gasteiger partial charge in [-0.1, -0.05) is 36.9 Å². The summed E-state index contributed by atoms with van der Waals surface area (Å²) in [5.41, 5.74) is 1.72. The highest BCUT2D eigenvalue weighted by Gasteiger charge is 2.14. The van der Waals surface area contributed by atoms with Crippen molar-refractivity contribution in [1.82, 2.24) is 5.32 Å². The van der Waals surface area contributed by atoms with Gasteiger partial charge in [-0.15, -0.1) is 0 Å². The first-order chi connectivity index (χ1) is 10.1. The standard InChI is InChI=1S/C18H22FNS/c1-4-10-20-14(3)16-12-17(19)13(2)11-18(16)21-15-8-6-5-7-9-15/h5-9,11-12,14,20H,4,10H2,1-3H3. The summed E-state index contributed by atoms with van der Waals surface area (Å²) in [6.07, 6.45) is 1.07. The number of rotatable bonds is 6. The highest BCUT2D eigenvalue weighted by Crippen LogP contribution is 2.34. The molecular formula is C18H22FNS. The number of benzene rings is 2. The van der Waals surface area contributed by atoms with E-state index in [9.17, 15) is 4.39 Å². The van der Waals surface area contributed by atoms with Crippen molar-refractivity contribution in [2.75, 3.05) is 6.54 Å². The van der Waals surface area contributed by atoms with Crippen LogP contribution in [-0.2, 0) is 0 Å². The molecule has 0 fully saturated rings. The number of hydrogen-bond donors (Lipinski definition) is 1. The molecule has 2 aromatic carbocycles. The second-order valence-electron chi connectivity index (χ2n) is 5.23. The van der Waals surface area contributed by atoms with E-state index in [0.717, 1.165) is 23.4 Å². The predicted molar refractivity (Wildman–Crippen MR) is 88.4 cm³/mol. The largest absolute Gasteiger partial charge is 0.310 e. The molecular weight excluding hydrogens is 281 g/mol. The van der Waals surface area contributed by atoms with Gasteiger partial charge in [0.05, 0.1) is 0 Å². The zero-order valence-corrected chi connectivity index (χ0v) is 13.6. The monoisotopic (exact) mass is 303 g/mol. The molecule has 2 rings (SSSR count). The molecule has 0 aliphatic rings. The fourth-order valence-electron chi connectivity index (χ4n) is 2.18. The third-order valence-corrected chi connectivity index (χ3v) is 4.51. The van der Waals surface area contributed by atoms with Crippen molar-refractivity contribution in [1.29, 1.82) is 0 Å². The van der Waals surface area contributed by atoms with Gasteiger partial charge in [-0.25, -0.2) is 4.39 Å². The van der Waals surface area contributed by atoms with Gasteiger partial charge in [0.15, 0.2) is 0 Å². The normalized spacial score (nSPS) is 12.4. The molecule has 0 aromatic heterocycles. The molecule has 1 N–H and O–H groups in total. The van der Waals surface area contributed by atoms with Gasteiger partial charge in [0.25, 0.3) is 0 Å². The van der Waals surface area contributed by atoms with E-state index in [0.29, 0.717) is 5.56 Å². The van der Waals surface area contributed by atoms with Crippen molar-refractivity contribution >= 4 is 11.8 Å². The van der Waals surface area contributed by atoms with Crippen LogP contribution in [0.2, 0.25) is 0 Å². The van der Waals surface area contributed by atoms with Gasteiger partial charge in [0.2, 0.25) is 0 Å². The molecule has 21 heavy (non-hydrogen) atoms. The van der Waals surface area contributed by atoms with Crippen LogP contribution in [0.4, 0.5) is 4.39 Å². The highest BCUT2D eigenvalue weighted by molar-refractivity contribution is 7.99. The van der Waals surface area contributed by atoms with Gasteiger partial charge < -0.3 is 5.32 Å². The molecule has 1 nitrogen and oxygen atoms in total. The minimum Gasteiger partial charge on any atom is -0.310 e. The van der Waals surface area contributed by atoms with Crippen LogP contribution in [0.25, 0.3) is 0 Å². The zero-order valence-electron chi connectivity index (χ0n) is 12.8. The first-order valence-electron chi connectivity index (χ1n) is 7.38. The smallest absolute Gasteiger partial charge is 0.126 e. The fraction of sp³-hybridized carbons (Fsp3) is 0.333. The topological polar surface area (TPSA) is 12.0 Å². The molecule has 2 aromatic rings. The van der Waals surface area contributed by atoms with Gasteiger partial charge >= 0.3 is 0 Å². The lowest BCUT2D eigenvalue weighted by atomic mass is 10.1. The minimum absolute atomic E-state index is 0.132. The van der Waals surface area contributed by atoms with E-state index in [1.165, 1.54) is 4.90 Å². The van der Waals surface area contributed by atoms with E-state index < -0.39 is 0 Å². The third kappa shape index (κ3) is 4.32. The Morgan fingerprint density at radius 1 is 1.19 bits per heavy atom. The summed E-state index contributed by atoms with van der Waals surface area (Å²) >= 11 is 1.69. The molecule has 3 heteroatoms. The first kappa shape index (κ1) is 16.1. The van der Waals surface area contributed by atoms with Crippen LogP contribution in [0.3, 0.4) is 0 Å². The Morgan fingerprint density at radius 3 is 2.57 bits per heavy atom.